The predicted molar refractivity (Wildman–Crippen MR) is 118 cm³/mol. The number of rotatable bonds is 6. The van der Waals surface area contributed by atoms with Gasteiger partial charge >= 0.3 is 5.97 Å². The molecule has 1 fully saturated rings. The number of halogens is 1. The molecule has 3 aromatic rings. The van der Waals surface area contributed by atoms with E-state index in [2.05, 4.69) is 39.7 Å². The fourth-order valence-corrected chi connectivity index (χ4v) is 4.36. The minimum atomic E-state index is -0.789. The largest absolute Gasteiger partial charge is 0.466 e. The SMILES string of the molecule is COC(=O)/C=C/c1ccc(CN2C[C@@H](F)CC2Cc2c(C)[nH]c3ccccc23)cc1. The average Bonchev–Trinajstić information content (AvgIpc) is 3.26. The first-order chi connectivity index (χ1) is 14.5. The Labute approximate surface area is 176 Å². The molecule has 2 atom stereocenters. The molecule has 2 heterocycles. The van der Waals surface area contributed by atoms with Gasteiger partial charge in [0, 0.05) is 41.8 Å². The van der Waals surface area contributed by atoms with Crippen LogP contribution in [-0.2, 0) is 22.5 Å². The van der Waals surface area contributed by atoms with Gasteiger partial charge in [-0.05, 0) is 48.6 Å². The number of H-pyrrole nitrogens is 1. The highest BCUT2D eigenvalue weighted by atomic mass is 19.1. The van der Waals surface area contributed by atoms with E-state index in [1.165, 1.54) is 29.8 Å². The number of aromatic amines is 1. The zero-order valence-electron chi connectivity index (χ0n) is 17.4. The summed E-state index contributed by atoms with van der Waals surface area (Å²) in [5, 5.41) is 1.24. The molecule has 0 amide bonds. The van der Waals surface area contributed by atoms with Gasteiger partial charge < -0.3 is 9.72 Å². The quantitative estimate of drug-likeness (QED) is 0.472. The number of para-hydroxylation sites is 1. The fourth-order valence-electron chi connectivity index (χ4n) is 4.36. The number of aromatic nitrogens is 1. The lowest BCUT2D eigenvalue weighted by atomic mass is 10.0. The summed E-state index contributed by atoms with van der Waals surface area (Å²) in [5.41, 5.74) is 5.67. The number of alkyl halides is 1. The highest BCUT2D eigenvalue weighted by Crippen LogP contribution is 2.30. The standard InChI is InChI=1S/C25H27FN2O2/c1-17-23(22-5-3-4-6-24(22)27-17)14-21-13-20(26)16-28(21)15-19-9-7-18(8-10-19)11-12-25(29)30-2/h3-12,20-21,27H,13-16H2,1-2H3/b12-11+/t20-,21?/m0/s1. The van der Waals surface area contributed by atoms with Crippen LogP contribution in [0.5, 0.6) is 0 Å². The Morgan fingerprint density at radius 3 is 2.77 bits per heavy atom. The number of esters is 1. The van der Waals surface area contributed by atoms with Crippen molar-refractivity contribution in [3.05, 3.63) is 77.0 Å². The van der Waals surface area contributed by atoms with Crippen LogP contribution < -0.4 is 0 Å². The number of fused-ring (bicyclic) bond motifs is 1. The zero-order chi connectivity index (χ0) is 21.1. The summed E-state index contributed by atoms with van der Waals surface area (Å²) in [6.45, 7) is 3.28. The second kappa shape index (κ2) is 8.84. The zero-order valence-corrected chi connectivity index (χ0v) is 17.4. The number of hydrogen-bond acceptors (Lipinski definition) is 3. The van der Waals surface area contributed by atoms with E-state index in [1.807, 2.05) is 30.3 Å². The summed E-state index contributed by atoms with van der Waals surface area (Å²) in [6, 6.07) is 16.5. The first-order valence-corrected chi connectivity index (χ1v) is 10.3. The number of ether oxygens (including phenoxy) is 1. The van der Waals surface area contributed by atoms with Gasteiger partial charge in [-0.1, -0.05) is 42.5 Å². The second-order valence-electron chi connectivity index (χ2n) is 7.99. The number of aryl methyl sites for hydroxylation is 1. The van der Waals surface area contributed by atoms with Crippen LogP contribution in [0.2, 0.25) is 0 Å². The molecule has 156 valence electrons. The number of carbonyl (C=O) groups excluding carboxylic acids is 1. The van der Waals surface area contributed by atoms with Crippen molar-refractivity contribution in [2.24, 2.45) is 0 Å². The van der Waals surface area contributed by atoms with Crippen molar-refractivity contribution in [3.8, 4) is 0 Å². The van der Waals surface area contributed by atoms with Gasteiger partial charge in [0.2, 0.25) is 0 Å². The normalized spacial score (nSPS) is 19.7. The maximum atomic E-state index is 14.3. The molecule has 1 unspecified atom stereocenters. The number of nitrogens with one attached hydrogen (secondary N) is 1. The maximum Gasteiger partial charge on any atom is 0.330 e. The number of hydrogen-bond donors (Lipinski definition) is 1. The van der Waals surface area contributed by atoms with E-state index in [0.717, 1.165) is 23.1 Å². The third kappa shape index (κ3) is 4.46. The van der Waals surface area contributed by atoms with Crippen LogP contribution in [0.3, 0.4) is 0 Å². The Morgan fingerprint density at radius 2 is 2.00 bits per heavy atom. The maximum absolute atomic E-state index is 14.3. The molecule has 4 rings (SSSR count). The molecular weight excluding hydrogens is 379 g/mol. The molecule has 1 aliphatic heterocycles. The van der Waals surface area contributed by atoms with Gasteiger partial charge in [0.05, 0.1) is 7.11 Å². The average molecular weight is 407 g/mol. The lowest BCUT2D eigenvalue weighted by molar-refractivity contribution is -0.134. The number of nitrogens with zero attached hydrogens (tertiary/aromatic N) is 1. The molecule has 1 N–H and O–H groups in total. The highest BCUT2D eigenvalue weighted by Gasteiger charge is 2.32. The van der Waals surface area contributed by atoms with Crippen molar-refractivity contribution >= 4 is 22.9 Å². The third-order valence-corrected chi connectivity index (χ3v) is 5.92. The molecule has 0 radical (unpaired) electrons. The number of methoxy groups -OCH3 is 1. The summed E-state index contributed by atoms with van der Waals surface area (Å²) >= 11 is 0. The van der Waals surface area contributed by atoms with E-state index in [4.69, 9.17) is 0 Å². The minimum Gasteiger partial charge on any atom is -0.466 e. The summed E-state index contributed by atoms with van der Waals surface area (Å²) in [6.07, 6.45) is 3.76. The van der Waals surface area contributed by atoms with Gasteiger partial charge in [-0.15, -0.1) is 0 Å². The first-order valence-electron chi connectivity index (χ1n) is 10.3. The van der Waals surface area contributed by atoms with Crippen molar-refractivity contribution in [2.75, 3.05) is 13.7 Å². The van der Waals surface area contributed by atoms with Crippen LogP contribution in [0.25, 0.3) is 17.0 Å². The van der Waals surface area contributed by atoms with E-state index in [1.54, 1.807) is 6.08 Å². The minimum absolute atomic E-state index is 0.178. The highest BCUT2D eigenvalue weighted by molar-refractivity contribution is 5.87. The lowest BCUT2D eigenvalue weighted by Gasteiger charge is -2.24. The third-order valence-electron chi connectivity index (χ3n) is 5.92. The molecule has 0 spiro atoms. The first kappa shape index (κ1) is 20.4. The van der Waals surface area contributed by atoms with Crippen molar-refractivity contribution in [3.63, 3.8) is 0 Å². The summed E-state index contributed by atoms with van der Waals surface area (Å²) in [5.74, 6) is -0.374. The predicted octanol–water partition coefficient (Wildman–Crippen LogP) is 4.82. The molecule has 1 aliphatic rings. The molecule has 0 bridgehead atoms. The van der Waals surface area contributed by atoms with E-state index in [9.17, 15) is 9.18 Å². The van der Waals surface area contributed by atoms with Crippen molar-refractivity contribution in [1.82, 2.24) is 9.88 Å². The molecule has 0 aliphatic carbocycles. The van der Waals surface area contributed by atoms with Crippen molar-refractivity contribution < 1.29 is 13.9 Å². The van der Waals surface area contributed by atoms with Gasteiger partial charge in [0.1, 0.15) is 6.17 Å². The topological polar surface area (TPSA) is 45.3 Å². The molecule has 1 saturated heterocycles. The smallest absolute Gasteiger partial charge is 0.330 e. The molecule has 5 heteroatoms. The fraction of sp³-hybridized carbons (Fsp3) is 0.320. The van der Waals surface area contributed by atoms with E-state index in [-0.39, 0.29) is 12.0 Å². The van der Waals surface area contributed by atoms with Gasteiger partial charge in [-0.25, -0.2) is 9.18 Å². The van der Waals surface area contributed by atoms with E-state index < -0.39 is 6.17 Å². The number of carbonyl (C=O) groups is 1. The second-order valence-corrected chi connectivity index (χ2v) is 7.99. The number of likely N-dealkylation sites (tertiary alicyclic amines) is 1. The Balaban J connectivity index is 1.47. The van der Waals surface area contributed by atoms with Gasteiger partial charge in [-0.3, -0.25) is 4.90 Å². The van der Waals surface area contributed by atoms with Gasteiger partial charge in [0.25, 0.3) is 0 Å². The van der Waals surface area contributed by atoms with Crippen LogP contribution in [0, 0.1) is 6.92 Å². The van der Waals surface area contributed by atoms with Gasteiger partial charge in [-0.2, -0.15) is 0 Å². The summed E-state index contributed by atoms with van der Waals surface area (Å²) in [7, 11) is 1.36. The number of benzene rings is 2. The van der Waals surface area contributed by atoms with Crippen LogP contribution in [0.4, 0.5) is 4.39 Å². The monoisotopic (exact) mass is 406 g/mol. The van der Waals surface area contributed by atoms with Crippen molar-refractivity contribution in [1.29, 1.82) is 0 Å². The Morgan fingerprint density at radius 1 is 1.23 bits per heavy atom. The molecular formula is C25H27FN2O2. The molecule has 30 heavy (non-hydrogen) atoms. The molecule has 0 saturated carbocycles. The Kier molecular flexibility index (Phi) is 6.00. The molecule has 2 aromatic carbocycles. The van der Waals surface area contributed by atoms with Gasteiger partial charge in [0.15, 0.2) is 0 Å². The Hall–Kier alpha value is -2.92. The van der Waals surface area contributed by atoms with Crippen LogP contribution in [0.1, 0.15) is 28.8 Å². The van der Waals surface area contributed by atoms with Crippen LogP contribution >= 0.6 is 0 Å². The van der Waals surface area contributed by atoms with E-state index in [0.29, 0.717) is 19.5 Å². The lowest BCUT2D eigenvalue weighted by Crippen LogP contribution is -2.31. The summed E-state index contributed by atoms with van der Waals surface area (Å²) in [4.78, 5) is 16.9. The van der Waals surface area contributed by atoms with Crippen LogP contribution in [0.15, 0.2) is 54.6 Å². The molecule has 4 nitrogen and oxygen atoms in total. The summed E-state index contributed by atoms with van der Waals surface area (Å²) < 4.78 is 19.0. The van der Waals surface area contributed by atoms with E-state index >= 15 is 0 Å². The van der Waals surface area contributed by atoms with Crippen LogP contribution in [-0.4, -0.2) is 41.7 Å². The van der Waals surface area contributed by atoms with Crippen molar-refractivity contribution in [2.45, 2.75) is 38.5 Å². The molecule has 1 aromatic heterocycles. The Bertz CT molecular complexity index is 1050.